The van der Waals surface area contributed by atoms with Crippen molar-refractivity contribution in [1.29, 1.82) is 0 Å². The van der Waals surface area contributed by atoms with Gasteiger partial charge in [0.05, 0.1) is 17.5 Å². The fourth-order valence-corrected chi connectivity index (χ4v) is 3.22. The maximum Gasteiger partial charge on any atom is 0.142 e. The van der Waals surface area contributed by atoms with E-state index in [0.717, 1.165) is 42.4 Å². The predicted molar refractivity (Wildman–Crippen MR) is 80.6 cm³/mol. The van der Waals surface area contributed by atoms with Crippen LogP contribution in [0.2, 0.25) is 0 Å². The molecule has 1 N–H and O–H groups in total. The molecule has 3 heterocycles. The molecule has 1 aliphatic heterocycles. The Labute approximate surface area is 123 Å². The number of nitrogens with zero attached hydrogens (tertiary/aromatic N) is 2. The third-order valence-corrected chi connectivity index (χ3v) is 4.41. The lowest BCUT2D eigenvalue weighted by molar-refractivity contribution is 0.0130. The van der Waals surface area contributed by atoms with Gasteiger partial charge >= 0.3 is 0 Å². The van der Waals surface area contributed by atoms with Crippen LogP contribution in [-0.4, -0.2) is 28.7 Å². The molecule has 106 valence electrons. The molecule has 1 aliphatic rings. The van der Waals surface area contributed by atoms with Gasteiger partial charge in [0.2, 0.25) is 0 Å². The molecule has 0 aliphatic carbocycles. The number of rotatable bonds is 4. The molecule has 2 aromatic rings. The van der Waals surface area contributed by atoms with Crippen LogP contribution in [0.1, 0.15) is 25.5 Å². The number of thiazole rings is 1. The average molecular weight is 289 g/mol. The fraction of sp³-hybridized carbons (Fsp3) is 0.467. The Balaban J connectivity index is 1.58. The van der Waals surface area contributed by atoms with Gasteiger partial charge in [0, 0.05) is 30.8 Å². The molecule has 0 radical (unpaired) electrons. The van der Waals surface area contributed by atoms with Crippen molar-refractivity contribution < 1.29 is 4.74 Å². The van der Waals surface area contributed by atoms with Gasteiger partial charge in [0.15, 0.2) is 0 Å². The van der Waals surface area contributed by atoms with Crippen LogP contribution in [-0.2, 0) is 11.3 Å². The number of pyridine rings is 1. The molecule has 3 rings (SSSR count). The van der Waals surface area contributed by atoms with E-state index < -0.39 is 0 Å². The first-order valence-corrected chi connectivity index (χ1v) is 7.90. The maximum atomic E-state index is 5.56. The summed E-state index contributed by atoms with van der Waals surface area (Å²) in [5.74, 6) is 0. The summed E-state index contributed by atoms with van der Waals surface area (Å²) in [6.45, 7) is 3.81. The first kappa shape index (κ1) is 13.7. The Hall–Kier alpha value is -1.30. The third-order valence-electron chi connectivity index (χ3n) is 3.49. The Morgan fingerprint density at radius 3 is 3.20 bits per heavy atom. The molecular formula is C15H19N3OS. The Kier molecular flexibility index (Phi) is 4.40. The topological polar surface area (TPSA) is 47.0 Å². The van der Waals surface area contributed by atoms with Crippen molar-refractivity contribution in [3.63, 3.8) is 0 Å². The van der Waals surface area contributed by atoms with Gasteiger partial charge in [-0.15, -0.1) is 11.3 Å². The highest BCUT2D eigenvalue weighted by Gasteiger charge is 2.18. The molecule has 1 fully saturated rings. The fourth-order valence-electron chi connectivity index (χ4n) is 2.43. The molecule has 0 spiro atoms. The van der Waals surface area contributed by atoms with Gasteiger partial charge in [0.25, 0.3) is 0 Å². The molecule has 0 saturated carbocycles. The summed E-state index contributed by atoms with van der Waals surface area (Å²) in [7, 11) is 0. The SMILES string of the molecule is CC1CC(NCc2csc(-c3ccccn3)n2)CCO1. The van der Waals surface area contributed by atoms with Gasteiger partial charge in [-0.2, -0.15) is 0 Å². The Morgan fingerprint density at radius 2 is 2.40 bits per heavy atom. The first-order valence-electron chi connectivity index (χ1n) is 7.02. The van der Waals surface area contributed by atoms with E-state index in [2.05, 4.69) is 27.6 Å². The second kappa shape index (κ2) is 6.43. The normalized spacial score (nSPS) is 22.9. The first-order chi connectivity index (χ1) is 9.81. The Morgan fingerprint density at radius 1 is 1.45 bits per heavy atom. The van der Waals surface area contributed by atoms with Crippen molar-refractivity contribution >= 4 is 11.3 Å². The minimum Gasteiger partial charge on any atom is -0.378 e. The summed E-state index contributed by atoms with van der Waals surface area (Å²) in [4.78, 5) is 8.98. The van der Waals surface area contributed by atoms with Crippen LogP contribution in [0.3, 0.4) is 0 Å². The van der Waals surface area contributed by atoms with Gasteiger partial charge in [0.1, 0.15) is 5.01 Å². The van der Waals surface area contributed by atoms with E-state index >= 15 is 0 Å². The molecule has 2 atom stereocenters. The quantitative estimate of drug-likeness (QED) is 0.940. The van der Waals surface area contributed by atoms with Gasteiger partial charge < -0.3 is 10.1 Å². The van der Waals surface area contributed by atoms with E-state index in [9.17, 15) is 0 Å². The highest BCUT2D eigenvalue weighted by atomic mass is 32.1. The molecule has 4 nitrogen and oxygen atoms in total. The monoisotopic (exact) mass is 289 g/mol. The molecule has 5 heteroatoms. The van der Waals surface area contributed by atoms with Gasteiger partial charge in [-0.05, 0) is 31.9 Å². The van der Waals surface area contributed by atoms with Crippen LogP contribution in [0.15, 0.2) is 29.8 Å². The highest BCUT2D eigenvalue weighted by molar-refractivity contribution is 7.13. The number of nitrogens with one attached hydrogen (secondary N) is 1. The smallest absolute Gasteiger partial charge is 0.142 e. The number of ether oxygens (including phenoxy) is 1. The van der Waals surface area contributed by atoms with Crippen molar-refractivity contribution in [1.82, 2.24) is 15.3 Å². The summed E-state index contributed by atoms with van der Waals surface area (Å²) in [5.41, 5.74) is 2.04. The second-order valence-corrected chi connectivity index (χ2v) is 6.00. The lowest BCUT2D eigenvalue weighted by Gasteiger charge is -2.27. The van der Waals surface area contributed by atoms with Crippen LogP contribution in [0, 0.1) is 0 Å². The van der Waals surface area contributed by atoms with Gasteiger partial charge in [-0.1, -0.05) is 6.07 Å². The molecule has 20 heavy (non-hydrogen) atoms. The largest absolute Gasteiger partial charge is 0.378 e. The standard InChI is InChI=1S/C15H19N3OS/c1-11-8-12(5-7-19-11)17-9-13-10-20-15(18-13)14-4-2-3-6-16-14/h2-4,6,10-12,17H,5,7-9H2,1H3. The van der Waals surface area contributed by atoms with E-state index in [4.69, 9.17) is 4.74 Å². The van der Waals surface area contributed by atoms with Crippen LogP contribution in [0.5, 0.6) is 0 Å². The molecule has 1 saturated heterocycles. The number of hydrogen-bond acceptors (Lipinski definition) is 5. The zero-order valence-electron chi connectivity index (χ0n) is 11.6. The van der Waals surface area contributed by atoms with Gasteiger partial charge in [-0.25, -0.2) is 4.98 Å². The van der Waals surface area contributed by atoms with Crippen molar-refractivity contribution in [2.24, 2.45) is 0 Å². The molecular weight excluding hydrogens is 270 g/mol. The summed E-state index contributed by atoms with van der Waals surface area (Å²) < 4.78 is 5.56. The van der Waals surface area contributed by atoms with E-state index in [1.54, 1.807) is 17.5 Å². The predicted octanol–water partition coefficient (Wildman–Crippen LogP) is 2.86. The van der Waals surface area contributed by atoms with Crippen LogP contribution < -0.4 is 5.32 Å². The molecule has 0 bridgehead atoms. The third kappa shape index (κ3) is 3.42. The molecule has 2 unspecified atom stereocenters. The minimum absolute atomic E-state index is 0.362. The number of aromatic nitrogens is 2. The van der Waals surface area contributed by atoms with E-state index in [-0.39, 0.29) is 0 Å². The van der Waals surface area contributed by atoms with Crippen LogP contribution in [0.25, 0.3) is 10.7 Å². The lowest BCUT2D eigenvalue weighted by atomic mass is 10.0. The van der Waals surface area contributed by atoms with Crippen LogP contribution >= 0.6 is 11.3 Å². The average Bonchev–Trinajstić information content (AvgIpc) is 2.95. The van der Waals surface area contributed by atoms with Crippen molar-refractivity contribution in [3.05, 3.63) is 35.5 Å². The Bertz CT molecular complexity index is 543. The number of hydrogen-bond donors (Lipinski definition) is 1. The summed E-state index contributed by atoms with van der Waals surface area (Å²) in [6, 6.07) is 6.45. The maximum absolute atomic E-state index is 5.56. The van der Waals surface area contributed by atoms with E-state index in [1.165, 1.54) is 0 Å². The van der Waals surface area contributed by atoms with Crippen molar-refractivity contribution in [2.75, 3.05) is 6.61 Å². The molecule has 0 amide bonds. The van der Waals surface area contributed by atoms with Crippen LogP contribution in [0.4, 0.5) is 0 Å². The highest BCUT2D eigenvalue weighted by Crippen LogP contribution is 2.21. The van der Waals surface area contributed by atoms with Gasteiger partial charge in [-0.3, -0.25) is 4.98 Å². The molecule has 0 aromatic carbocycles. The zero-order valence-corrected chi connectivity index (χ0v) is 12.4. The summed E-state index contributed by atoms with van der Waals surface area (Å²) in [6.07, 6.45) is 4.33. The zero-order chi connectivity index (χ0) is 13.8. The van der Waals surface area contributed by atoms with Crippen molar-refractivity contribution in [2.45, 2.75) is 38.5 Å². The van der Waals surface area contributed by atoms with Crippen molar-refractivity contribution in [3.8, 4) is 10.7 Å². The summed E-state index contributed by atoms with van der Waals surface area (Å²) >= 11 is 1.65. The minimum atomic E-state index is 0.362. The van der Waals surface area contributed by atoms with E-state index in [1.807, 2.05) is 18.2 Å². The molecule has 2 aromatic heterocycles. The summed E-state index contributed by atoms with van der Waals surface area (Å²) in [5, 5.41) is 6.68. The van der Waals surface area contributed by atoms with E-state index in [0.29, 0.717) is 12.1 Å². The lowest BCUT2D eigenvalue weighted by Crippen LogP contribution is -2.37. The second-order valence-electron chi connectivity index (χ2n) is 5.14.